The Hall–Kier alpha value is -3.02. The van der Waals surface area contributed by atoms with Crippen molar-refractivity contribution in [1.82, 2.24) is 15.1 Å². The van der Waals surface area contributed by atoms with Crippen LogP contribution in [-0.4, -0.2) is 28.8 Å². The normalized spacial score (nSPS) is 13.7. The molecule has 128 valence electrons. The zero-order chi connectivity index (χ0) is 17.4. The predicted octanol–water partition coefficient (Wildman–Crippen LogP) is 3.34. The lowest BCUT2D eigenvalue weighted by atomic mass is 10.2. The van der Waals surface area contributed by atoms with E-state index in [1.165, 1.54) is 0 Å². The van der Waals surface area contributed by atoms with Crippen LogP contribution in [0.3, 0.4) is 0 Å². The summed E-state index contributed by atoms with van der Waals surface area (Å²) in [5, 5.41) is 7.61. The molecule has 0 radical (unpaired) electrons. The van der Waals surface area contributed by atoms with Crippen LogP contribution in [0.25, 0.3) is 17.1 Å². The maximum atomic E-state index is 12.6. The van der Waals surface area contributed by atoms with Gasteiger partial charge in [-0.2, -0.15) is 5.10 Å². The van der Waals surface area contributed by atoms with Gasteiger partial charge in [0.05, 0.1) is 12.8 Å². The third-order valence-electron chi connectivity index (χ3n) is 4.16. The van der Waals surface area contributed by atoms with Crippen molar-refractivity contribution in [2.45, 2.75) is 25.8 Å². The van der Waals surface area contributed by atoms with Gasteiger partial charge in [0, 0.05) is 12.1 Å². The number of hydrogen-bond acceptors (Lipinski definition) is 4. The fraction of sp³-hybridized carbons (Fsp3) is 0.263. The van der Waals surface area contributed by atoms with Gasteiger partial charge in [-0.25, -0.2) is 4.68 Å². The highest BCUT2D eigenvalue weighted by atomic mass is 16.5. The van der Waals surface area contributed by atoms with Gasteiger partial charge in [-0.05, 0) is 56.2 Å². The summed E-state index contributed by atoms with van der Waals surface area (Å²) in [4.78, 5) is 12.6. The van der Waals surface area contributed by atoms with Crippen molar-refractivity contribution in [2.24, 2.45) is 0 Å². The maximum Gasteiger partial charge on any atom is 0.270 e. The molecule has 6 heteroatoms. The van der Waals surface area contributed by atoms with E-state index in [1.54, 1.807) is 17.9 Å². The summed E-state index contributed by atoms with van der Waals surface area (Å²) in [6, 6.07) is 13.2. The molecule has 3 aromatic rings. The summed E-state index contributed by atoms with van der Waals surface area (Å²) in [6.45, 7) is 1.88. The Balaban J connectivity index is 1.75. The molecular formula is C19H19N3O3. The number of hydrogen-bond donors (Lipinski definition) is 1. The number of carbonyl (C=O) groups is 1. The van der Waals surface area contributed by atoms with Gasteiger partial charge < -0.3 is 14.5 Å². The summed E-state index contributed by atoms with van der Waals surface area (Å²) in [7, 11) is 1.62. The molecule has 1 fully saturated rings. The van der Waals surface area contributed by atoms with Crippen LogP contribution in [0.1, 0.15) is 29.1 Å². The number of carbonyl (C=O) groups excluding carboxylic acids is 1. The van der Waals surface area contributed by atoms with E-state index in [0.717, 1.165) is 30.0 Å². The van der Waals surface area contributed by atoms with Crippen LogP contribution in [0.15, 0.2) is 46.9 Å². The van der Waals surface area contributed by atoms with Gasteiger partial charge in [0.15, 0.2) is 5.76 Å². The zero-order valence-corrected chi connectivity index (χ0v) is 14.2. The Morgan fingerprint density at radius 2 is 2.00 bits per heavy atom. The number of nitrogens with one attached hydrogen (secondary N) is 1. The molecule has 4 rings (SSSR count). The van der Waals surface area contributed by atoms with Crippen molar-refractivity contribution >= 4 is 5.91 Å². The van der Waals surface area contributed by atoms with E-state index in [9.17, 15) is 4.79 Å². The molecule has 1 saturated carbocycles. The SMILES string of the molecule is COc1ccc(-n2nc(-c3ccc(C)o3)cc2C(=O)NC2CC2)cc1. The topological polar surface area (TPSA) is 69.3 Å². The summed E-state index contributed by atoms with van der Waals surface area (Å²) in [5.74, 6) is 2.07. The van der Waals surface area contributed by atoms with E-state index >= 15 is 0 Å². The van der Waals surface area contributed by atoms with Crippen molar-refractivity contribution in [3.63, 3.8) is 0 Å². The second kappa shape index (κ2) is 6.12. The molecule has 1 aliphatic rings. The second-order valence-electron chi connectivity index (χ2n) is 6.18. The van der Waals surface area contributed by atoms with Gasteiger partial charge in [0.1, 0.15) is 22.9 Å². The predicted molar refractivity (Wildman–Crippen MR) is 93.0 cm³/mol. The molecule has 0 bridgehead atoms. The lowest BCUT2D eigenvalue weighted by Gasteiger charge is -2.08. The van der Waals surface area contributed by atoms with Gasteiger partial charge in [-0.3, -0.25) is 4.79 Å². The Labute approximate surface area is 145 Å². The monoisotopic (exact) mass is 337 g/mol. The van der Waals surface area contributed by atoms with E-state index < -0.39 is 0 Å². The van der Waals surface area contributed by atoms with Crippen LogP contribution in [0.4, 0.5) is 0 Å². The maximum absolute atomic E-state index is 12.6. The largest absolute Gasteiger partial charge is 0.497 e. The van der Waals surface area contributed by atoms with Crippen molar-refractivity contribution in [1.29, 1.82) is 0 Å². The zero-order valence-electron chi connectivity index (χ0n) is 14.2. The van der Waals surface area contributed by atoms with Crippen LogP contribution >= 0.6 is 0 Å². The van der Waals surface area contributed by atoms with E-state index in [-0.39, 0.29) is 11.9 Å². The Kier molecular flexibility index (Phi) is 3.80. The quantitative estimate of drug-likeness (QED) is 0.775. The summed E-state index contributed by atoms with van der Waals surface area (Å²) >= 11 is 0. The second-order valence-corrected chi connectivity index (χ2v) is 6.18. The first-order chi connectivity index (χ1) is 12.1. The number of nitrogens with zero attached hydrogens (tertiary/aromatic N) is 2. The first-order valence-corrected chi connectivity index (χ1v) is 8.26. The average molecular weight is 337 g/mol. The molecule has 2 aromatic heterocycles. The Bertz CT molecular complexity index is 904. The Morgan fingerprint density at radius 3 is 2.60 bits per heavy atom. The van der Waals surface area contributed by atoms with Gasteiger partial charge in [0.2, 0.25) is 0 Å². The van der Waals surface area contributed by atoms with Crippen LogP contribution in [0.5, 0.6) is 5.75 Å². The molecular weight excluding hydrogens is 318 g/mol. The number of benzene rings is 1. The van der Waals surface area contributed by atoms with E-state index in [1.807, 2.05) is 43.3 Å². The number of aromatic nitrogens is 2. The summed E-state index contributed by atoms with van der Waals surface area (Å²) in [6.07, 6.45) is 2.07. The molecule has 25 heavy (non-hydrogen) atoms. The van der Waals surface area contributed by atoms with Gasteiger partial charge in [-0.15, -0.1) is 0 Å². The number of methoxy groups -OCH3 is 1. The van der Waals surface area contributed by atoms with Crippen LogP contribution in [0.2, 0.25) is 0 Å². The minimum absolute atomic E-state index is 0.125. The fourth-order valence-electron chi connectivity index (χ4n) is 2.64. The molecule has 1 aliphatic carbocycles. The molecule has 0 atom stereocenters. The minimum atomic E-state index is -0.125. The molecule has 0 aliphatic heterocycles. The molecule has 2 heterocycles. The smallest absolute Gasteiger partial charge is 0.270 e. The van der Waals surface area contributed by atoms with Crippen molar-refractivity contribution in [3.8, 4) is 22.9 Å². The van der Waals surface area contributed by atoms with E-state index in [2.05, 4.69) is 10.4 Å². The number of rotatable bonds is 5. The van der Waals surface area contributed by atoms with Gasteiger partial charge in [-0.1, -0.05) is 0 Å². The van der Waals surface area contributed by atoms with Crippen molar-refractivity contribution < 1.29 is 13.9 Å². The third-order valence-corrected chi connectivity index (χ3v) is 4.16. The summed E-state index contributed by atoms with van der Waals surface area (Å²) in [5.41, 5.74) is 1.90. The lowest BCUT2D eigenvalue weighted by molar-refractivity contribution is 0.0943. The molecule has 0 unspecified atom stereocenters. The van der Waals surface area contributed by atoms with E-state index in [4.69, 9.17) is 9.15 Å². The lowest BCUT2D eigenvalue weighted by Crippen LogP contribution is -2.27. The average Bonchev–Trinajstić information content (AvgIpc) is 3.15. The number of ether oxygens (including phenoxy) is 1. The van der Waals surface area contributed by atoms with Gasteiger partial charge >= 0.3 is 0 Å². The summed E-state index contributed by atoms with van der Waals surface area (Å²) < 4.78 is 12.5. The number of amides is 1. The van der Waals surface area contributed by atoms with E-state index in [0.29, 0.717) is 17.1 Å². The molecule has 6 nitrogen and oxygen atoms in total. The number of aryl methyl sites for hydroxylation is 1. The van der Waals surface area contributed by atoms with Crippen LogP contribution in [-0.2, 0) is 0 Å². The minimum Gasteiger partial charge on any atom is -0.497 e. The molecule has 0 saturated heterocycles. The molecule has 1 amide bonds. The van der Waals surface area contributed by atoms with Crippen molar-refractivity contribution in [2.75, 3.05) is 7.11 Å². The highest BCUT2D eigenvalue weighted by molar-refractivity contribution is 5.94. The Morgan fingerprint density at radius 1 is 1.24 bits per heavy atom. The first kappa shape index (κ1) is 15.5. The highest BCUT2D eigenvalue weighted by Gasteiger charge is 2.26. The number of furan rings is 1. The van der Waals surface area contributed by atoms with Gasteiger partial charge in [0.25, 0.3) is 5.91 Å². The van der Waals surface area contributed by atoms with Crippen LogP contribution < -0.4 is 10.1 Å². The highest BCUT2D eigenvalue weighted by Crippen LogP contribution is 2.26. The van der Waals surface area contributed by atoms with Crippen LogP contribution in [0, 0.1) is 6.92 Å². The first-order valence-electron chi connectivity index (χ1n) is 8.26. The molecule has 1 N–H and O–H groups in total. The third kappa shape index (κ3) is 3.15. The van der Waals surface area contributed by atoms with Crippen molar-refractivity contribution in [3.05, 3.63) is 53.9 Å². The standard InChI is InChI=1S/C19H19N3O3/c1-12-3-10-18(25-12)16-11-17(19(23)20-13-4-5-13)22(21-16)14-6-8-15(24-2)9-7-14/h3,6-11,13H,4-5H2,1-2H3,(H,20,23). The molecule has 0 spiro atoms. The molecule has 1 aromatic carbocycles. The fourth-order valence-corrected chi connectivity index (χ4v) is 2.64.